The number of anilines is 1. The lowest BCUT2D eigenvalue weighted by molar-refractivity contribution is 0.101. The van der Waals surface area contributed by atoms with Crippen molar-refractivity contribution >= 4 is 27.2 Å². The normalized spacial score (nSPS) is 17.7. The van der Waals surface area contributed by atoms with Gasteiger partial charge in [-0.05, 0) is 37.6 Å². The van der Waals surface area contributed by atoms with Crippen LogP contribution >= 0.6 is 0 Å². The molecule has 1 N–H and O–H groups in total. The van der Waals surface area contributed by atoms with Crippen molar-refractivity contribution in [1.82, 2.24) is 19.3 Å². The third-order valence-electron chi connectivity index (χ3n) is 5.27. The number of ketones is 1. The van der Waals surface area contributed by atoms with Crippen molar-refractivity contribution in [2.75, 3.05) is 16.8 Å². The van der Waals surface area contributed by atoms with Crippen LogP contribution in [-0.4, -0.2) is 50.9 Å². The number of carbonyl (C=O) groups is 2. The van der Waals surface area contributed by atoms with Gasteiger partial charge in [0.1, 0.15) is 0 Å². The highest BCUT2D eigenvalue weighted by atomic mass is 32.2. The quantitative estimate of drug-likeness (QED) is 0.621. The molecule has 30 heavy (non-hydrogen) atoms. The highest BCUT2D eigenvalue weighted by Gasteiger charge is 2.31. The smallest absolute Gasteiger partial charge is 0.259 e. The number of hydrogen-bond acceptors (Lipinski definition) is 6. The number of amides is 1. The van der Waals surface area contributed by atoms with Gasteiger partial charge in [-0.25, -0.2) is 13.4 Å². The molecule has 0 bridgehead atoms. The molecule has 156 valence electrons. The fourth-order valence-electron chi connectivity index (χ4n) is 3.60. The Kier molecular flexibility index (Phi) is 5.02. The summed E-state index contributed by atoms with van der Waals surface area (Å²) in [7, 11) is -1.30. The van der Waals surface area contributed by atoms with E-state index in [1.54, 1.807) is 59.9 Å². The van der Waals surface area contributed by atoms with E-state index in [0.717, 1.165) is 0 Å². The Labute approximate surface area is 173 Å². The summed E-state index contributed by atoms with van der Waals surface area (Å²) in [6.45, 7) is 1.75. The molecule has 1 atom stereocenters. The van der Waals surface area contributed by atoms with Crippen LogP contribution in [0, 0.1) is 6.92 Å². The van der Waals surface area contributed by atoms with Crippen LogP contribution in [0.1, 0.15) is 44.7 Å². The minimum Gasteiger partial charge on any atom is -0.331 e. The number of aryl methyl sites for hydroxylation is 1. The summed E-state index contributed by atoms with van der Waals surface area (Å²) in [5.41, 5.74) is 2.00. The highest BCUT2D eigenvalue weighted by Crippen LogP contribution is 2.25. The van der Waals surface area contributed by atoms with Crippen molar-refractivity contribution in [2.24, 2.45) is 7.05 Å². The van der Waals surface area contributed by atoms with Gasteiger partial charge in [0.25, 0.3) is 5.91 Å². The number of rotatable bonds is 5. The van der Waals surface area contributed by atoms with Crippen LogP contribution in [0.3, 0.4) is 0 Å². The van der Waals surface area contributed by atoms with Crippen LogP contribution in [0.2, 0.25) is 0 Å². The SMILES string of the molecule is Cc1c(C(=O)Nc2ccc(C(=O)c3nccn3C)cc2)cnn1[C@H]1CCS(=O)(=O)C1. The number of benzene rings is 1. The molecule has 10 heteroatoms. The number of nitrogens with zero attached hydrogens (tertiary/aromatic N) is 4. The zero-order valence-electron chi connectivity index (χ0n) is 16.6. The van der Waals surface area contributed by atoms with Crippen molar-refractivity contribution in [3.63, 3.8) is 0 Å². The number of aromatic nitrogens is 4. The summed E-state index contributed by atoms with van der Waals surface area (Å²) in [6.07, 6.45) is 5.21. The van der Waals surface area contributed by atoms with Gasteiger partial charge in [-0.3, -0.25) is 14.3 Å². The van der Waals surface area contributed by atoms with Gasteiger partial charge in [0, 0.05) is 36.4 Å². The lowest BCUT2D eigenvalue weighted by atomic mass is 10.1. The van der Waals surface area contributed by atoms with Gasteiger partial charge in [-0.1, -0.05) is 0 Å². The number of nitrogens with one attached hydrogen (secondary N) is 1. The first-order chi connectivity index (χ1) is 14.2. The van der Waals surface area contributed by atoms with Gasteiger partial charge in [0.05, 0.1) is 29.3 Å². The predicted molar refractivity (Wildman–Crippen MR) is 110 cm³/mol. The zero-order valence-corrected chi connectivity index (χ0v) is 17.4. The topological polar surface area (TPSA) is 116 Å². The molecule has 1 saturated heterocycles. The van der Waals surface area contributed by atoms with E-state index in [0.29, 0.717) is 34.8 Å². The van der Waals surface area contributed by atoms with E-state index >= 15 is 0 Å². The summed E-state index contributed by atoms with van der Waals surface area (Å²) >= 11 is 0. The van der Waals surface area contributed by atoms with Crippen molar-refractivity contribution in [2.45, 2.75) is 19.4 Å². The number of sulfone groups is 1. The predicted octanol–water partition coefficient (Wildman–Crippen LogP) is 1.77. The van der Waals surface area contributed by atoms with Gasteiger partial charge < -0.3 is 9.88 Å². The second-order valence-corrected chi connectivity index (χ2v) is 9.60. The molecule has 0 aliphatic carbocycles. The van der Waals surface area contributed by atoms with E-state index < -0.39 is 9.84 Å². The average molecular weight is 427 g/mol. The number of imidazole rings is 1. The van der Waals surface area contributed by atoms with E-state index in [2.05, 4.69) is 15.4 Å². The van der Waals surface area contributed by atoms with Crippen molar-refractivity contribution < 1.29 is 18.0 Å². The first-order valence-electron chi connectivity index (χ1n) is 9.43. The standard InChI is InChI=1S/C20H21N5O4S/c1-13-17(11-22-25(13)16-7-10-30(28,29)12-16)20(27)23-15-5-3-14(4-6-15)18(26)19-21-8-9-24(19)2/h3-6,8-9,11,16H,7,10,12H2,1-2H3,(H,23,27)/t16-/m0/s1. The Bertz CT molecular complexity index is 1220. The lowest BCUT2D eigenvalue weighted by Crippen LogP contribution is -2.16. The maximum absolute atomic E-state index is 12.7. The fourth-order valence-corrected chi connectivity index (χ4v) is 5.29. The minimum atomic E-state index is -3.05. The molecule has 4 rings (SSSR count). The zero-order chi connectivity index (χ0) is 21.5. The molecule has 1 amide bonds. The Hall–Kier alpha value is -3.27. The third-order valence-corrected chi connectivity index (χ3v) is 7.02. The number of hydrogen-bond donors (Lipinski definition) is 1. The molecule has 3 aromatic rings. The minimum absolute atomic E-state index is 0.0437. The second kappa shape index (κ2) is 7.52. The summed E-state index contributed by atoms with van der Waals surface area (Å²) in [5, 5.41) is 7.03. The first kappa shape index (κ1) is 20.0. The molecule has 1 aliphatic rings. The largest absolute Gasteiger partial charge is 0.331 e. The molecule has 2 aromatic heterocycles. The van der Waals surface area contributed by atoms with Crippen molar-refractivity contribution in [1.29, 1.82) is 0 Å². The van der Waals surface area contributed by atoms with Crippen LogP contribution in [0.25, 0.3) is 0 Å². The summed E-state index contributed by atoms with van der Waals surface area (Å²) in [6, 6.07) is 6.32. The van der Waals surface area contributed by atoms with E-state index in [1.807, 2.05) is 0 Å². The molecule has 1 aromatic carbocycles. The van der Waals surface area contributed by atoms with Crippen LogP contribution in [-0.2, 0) is 16.9 Å². The lowest BCUT2D eigenvalue weighted by Gasteiger charge is -2.11. The van der Waals surface area contributed by atoms with E-state index in [1.165, 1.54) is 6.20 Å². The van der Waals surface area contributed by atoms with Crippen molar-refractivity contribution in [3.8, 4) is 0 Å². The van der Waals surface area contributed by atoms with Crippen LogP contribution in [0.4, 0.5) is 5.69 Å². The molecule has 1 aliphatic heterocycles. The van der Waals surface area contributed by atoms with E-state index in [4.69, 9.17) is 0 Å². The average Bonchev–Trinajstić information content (AvgIpc) is 3.40. The molecule has 3 heterocycles. The molecule has 0 spiro atoms. The third kappa shape index (κ3) is 3.78. The van der Waals surface area contributed by atoms with Crippen molar-refractivity contribution in [3.05, 3.63) is 65.5 Å². The molecule has 1 fully saturated rings. The van der Waals surface area contributed by atoms with Gasteiger partial charge >= 0.3 is 0 Å². The summed E-state index contributed by atoms with van der Waals surface area (Å²) < 4.78 is 26.7. The van der Waals surface area contributed by atoms with Gasteiger partial charge in [0.15, 0.2) is 15.7 Å². The van der Waals surface area contributed by atoms with Gasteiger partial charge in [0.2, 0.25) is 5.78 Å². The Morgan fingerprint density at radius 3 is 2.53 bits per heavy atom. The summed E-state index contributed by atoms with van der Waals surface area (Å²) in [5.74, 6) is -0.0280. The van der Waals surface area contributed by atoms with E-state index in [9.17, 15) is 18.0 Å². The maximum Gasteiger partial charge on any atom is 0.259 e. The van der Waals surface area contributed by atoms with Gasteiger partial charge in [-0.2, -0.15) is 5.10 Å². The highest BCUT2D eigenvalue weighted by molar-refractivity contribution is 7.91. The first-order valence-corrected chi connectivity index (χ1v) is 11.3. The maximum atomic E-state index is 12.7. The number of carbonyl (C=O) groups excluding carboxylic acids is 2. The van der Waals surface area contributed by atoms with Crippen LogP contribution < -0.4 is 5.32 Å². The molecule has 0 radical (unpaired) electrons. The Morgan fingerprint density at radius 2 is 1.93 bits per heavy atom. The molecular weight excluding hydrogens is 406 g/mol. The van der Waals surface area contributed by atoms with Gasteiger partial charge in [-0.15, -0.1) is 0 Å². The Balaban J connectivity index is 1.47. The molecule has 9 nitrogen and oxygen atoms in total. The second-order valence-electron chi connectivity index (χ2n) is 7.37. The monoisotopic (exact) mass is 427 g/mol. The summed E-state index contributed by atoms with van der Waals surface area (Å²) in [4.78, 5) is 29.2. The van der Waals surface area contributed by atoms with Crippen LogP contribution in [0.5, 0.6) is 0 Å². The fraction of sp³-hybridized carbons (Fsp3) is 0.300. The molecule has 0 saturated carbocycles. The Morgan fingerprint density at radius 1 is 1.20 bits per heavy atom. The van der Waals surface area contributed by atoms with E-state index in [-0.39, 0.29) is 29.2 Å². The van der Waals surface area contributed by atoms with Crippen LogP contribution in [0.15, 0.2) is 42.9 Å². The molecule has 0 unspecified atom stereocenters. The molecular formula is C20H21N5O4S.